The van der Waals surface area contributed by atoms with Crippen LogP contribution in [-0.2, 0) is 22.9 Å². The molecule has 1 aliphatic rings. The van der Waals surface area contributed by atoms with E-state index in [9.17, 15) is 13.2 Å². The Bertz CT molecular complexity index is 975. The fraction of sp³-hybridized carbons (Fsp3) is 0.409. The van der Waals surface area contributed by atoms with Gasteiger partial charge in [0.25, 0.3) is 15.9 Å². The van der Waals surface area contributed by atoms with Crippen LogP contribution < -0.4 is 4.72 Å². The normalized spacial score (nSPS) is 14.2. The Hall–Kier alpha value is -1.99. The van der Waals surface area contributed by atoms with Crippen LogP contribution in [0.5, 0.6) is 0 Å². The highest BCUT2D eigenvalue weighted by Gasteiger charge is 2.25. The molecule has 5 nitrogen and oxygen atoms in total. The lowest BCUT2D eigenvalue weighted by molar-refractivity contribution is 0.0789. The minimum absolute atomic E-state index is 0.0906. The third-order valence-electron chi connectivity index (χ3n) is 5.34. The molecule has 0 bridgehead atoms. The number of hydrogen-bond donors (Lipinski definition) is 1. The summed E-state index contributed by atoms with van der Waals surface area (Å²) in [5, 5.41) is 0. The van der Waals surface area contributed by atoms with E-state index in [1.807, 2.05) is 38.3 Å². The molecule has 2 aromatic rings. The first-order valence-corrected chi connectivity index (χ1v) is 12.7. The molecule has 0 radical (unpaired) electrons. The van der Waals surface area contributed by atoms with Gasteiger partial charge in [0.15, 0.2) is 0 Å². The summed E-state index contributed by atoms with van der Waals surface area (Å²) in [5.41, 5.74) is 3.03. The van der Waals surface area contributed by atoms with E-state index in [0.717, 1.165) is 54.8 Å². The van der Waals surface area contributed by atoms with Crippen LogP contribution >= 0.6 is 11.8 Å². The third kappa shape index (κ3) is 4.61. The number of likely N-dealkylation sites (tertiary alicyclic amines) is 1. The molecule has 1 amide bonds. The van der Waals surface area contributed by atoms with Crippen LogP contribution in [0.1, 0.15) is 48.2 Å². The van der Waals surface area contributed by atoms with E-state index in [2.05, 4.69) is 4.72 Å². The second kappa shape index (κ2) is 9.22. The molecule has 3 rings (SSSR count). The number of para-hydroxylation sites is 1. The topological polar surface area (TPSA) is 66.5 Å². The monoisotopic (exact) mass is 432 g/mol. The lowest BCUT2D eigenvalue weighted by atomic mass is 10.0. The van der Waals surface area contributed by atoms with E-state index >= 15 is 0 Å². The molecular formula is C22H28N2O3S2. The maximum Gasteiger partial charge on any atom is 0.261 e. The van der Waals surface area contributed by atoms with Crippen molar-refractivity contribution in [2.75, 3.05) is 24.1 Å². The van der Waals surface area contributed by atoms with Crippen molar-refractivity contribution in [3.05, 3.63) is 53.1 Å². The summed E-state index contributed by atoms with van der Waals surface area (Å²) in [4.78, 5) is 15.7. The number of carbonyl (C=O) groups excluding carboxylic acids is 1. The number of rotatable bonds is 7. The SMILES string of the molecule is CCc1cccc(CC)c1NS(=O)(=O)c1ccc(SC)c(C(=O)N2CCCC2)c1. The third-order valence-corrected chi connectivity index (χ3v) is 7.48. The summed E-state index contributed by atoms with van der Waals surface area (Å²) in [6, 6.07) is 10.7. The molecule has 0 spiro atoms. The van der Waals surface area contributed by atoms with Gasteiger partial charge in [-0.15, -0.1) is 11.8 Å². The number of benzene rings is 2. The van der Waals surface area contributed by atoms with Gasteiger partial charge in [0.2, 0.25) is 0 Å². The fourth-order valence-corrected chi connectivity index (χ4v) is 5.42. The maximum absolute atomic E-state index is 13.2. The lowest BCUT2D eigenvalue weighted by Gasteiger charge is -2.19. The molecule has 0 aromatic heterocycles. The van der Waals surface area contributed by atoms with Gasteiger partial charge in [-0.25, -0.2) is 8.42 Å². The first kappa shape index (κ1) is 21.7. The Kier molecular flexibility index (Phi) is 6.90. The number of aryl methyl sites for hydroxylation is 2. The van der Waals surface area contributed by atoms with Gasteiger partial charge in [-0.05, 0) is 61.3 Å². The summed E-state index contributed by atoms with van der Waals surface area (Å²) in [6.07, 6.45) is 5.35. The van der Waals surface area contributed by atoms with Gasteiger partial charge < -0.3 is 4.90 Å². The van der Waals surface area contributed by atoms with Gasteiger partial charge in [-0.2, -0.15) is 0 Å². The molecule has 0 saturated carbocycles. The van der Waals surface area contributed by atoms with E-state index in [0.29, 0.717) is 11.3 Å². The standard InChI is InChI=1S/C22H28N2O3S2/c1-4-16-9-8-10-17(5-2)21(16)23-29(26,27)18-11-12-20(28-3)19(15-18)22(25)24-13-6-7-14-24/h8-12,15,23H,4-7,13-14H2,1-3H3. The van der Waals surface area contributed by atoms with Crippen LogP contribution in [-0.4, -0.2) is 38.6 Å². The smallest absolute Gasteiger partial charge is 0.261 e. The predicted octanol–water partition coefficient (Wildman–Crippen LogP) is 4.57. The lowest BCUT2D eigenvalue weighted by Crippen LogP contribution is -2.28. The van der Waals surface area contributed by atoms with Crippen LogP contribution in [0.25, 0.3) is 0 Å². The van der Waals surface area contributed by atoms with Crippen LogP contribution in [0.3, 0.4) is 0 Å². The molecule has 7 heteroatoms. The minimum atomic E-state index is -3.81. The number of thioether (sulfide) groups is 1. The van der Waals surface area contributed by atoms with Gasteiger partial charge in [0.1, 0.15) is 0 Å². The molecule has 0 aliphatic carbocycles. The Morgan fingerprint density at radius 1 is 1.07 bits per heavy atom. The van der Waals surface area contributed by atoms with Crippen LogP contribution in [0, 0.1) is 0 Å². The zero-order valence-electron chi connectivity index (χ0n) is 17.2. The Labute approximate surface area is 177 Å². The number of hydrogen-bond acceptors (Lipinski definition) is 4. The second-order valence-electron chi connectivity index (χ2n) is 7.13. The van der Waals surface area contributed by atoms with Crippen molar-refractivity contribution in [3.63, 3.8) is 0 Å². The molecule has 156 valence electrons. The van der Waals surface area contributed by atoms with Crippen molar-refractivity contribution in [2.45, 2.75) is 49.3 Å². The van der Waals surface area contributed by atoms with Crippen LogP contribution in [0.15, 0.2) is 46.2 Å². The quantitative estimate of drug-likeness (QED) is 0.651. The molecule has 1 aliphatic heterocycles. The molecule has 1 saturated heterocycles. The highest BCUT2D eigenvalue weighted by Crippen LogP contribution is 2.29. The van der Waals surface area contributed by atoms with Crippen molar-refractivity contribution in [2.24, 2.45) is 0 Å². The van der Waals surface area contributed by atoms with Crippen molar-refractivity contribution >= 4 is 33.4 Å². The Morgan fingerprint density at radius 3 is 2.24 bits per heavy atom. The second-order valence-corrected chi connectivity index (χ2v) is 9.66. The first-order valence-electron chi connectivity index (χ1n) is 10.0. The van der Waals surface area contributed by atoms with Gasteiger partial charge in [0.05, 0.1) is 16.1 Å². The highest BCUT2D eigenvalue weighted by molar-refractivity contribution is 7.98. The first-order chi connectivity index (χ1) is 13.9. The average Bonchev–Trinajstić information content (AvgIpc) is 3.27. The van der Waals surface area contributed by atoms with Crippen molar-refractivity contribution in [1.82, 2.24) is 4.90 Å². The molecule has 29 heavy (non-hydrogen) atoms. The zero-order valence-corrected chi connectivity index (χ0v) is 18.8. The zero-order chi connectivity index (χ0) is 21.0. The largest absolute Gasteiger partial charge is 0.339 e. The summed E-state index contributed by atoms with van der Waals surface area (Å²) < 4.78 is 29.2. The Morgan fingerprint density at radius 2 is 1.69 bits per heavy atom. The highest BCUT2D eigenvalue weighted by atomic mass is 32.2. The van der Waals surface area contributed by atoms with Crippen LogP contribution in [0.2, 0.25) is 0 Å². The van der Waals surface area contributed by atoms with Gasteiger partial charge >= 0.3 is 0 Å². The number of carbonyl (C=O) groups is 1. The van der Waals surface area contributed by atoms with E-state index in [4.69, 9.17) is 0 Å². The average molecular weight is 433 g/mol. The molecule has 2 aromatic carbocycles. The van der Waals surface area contributed by atoms with Crippen molar-refractivity contribution < 1.29 is 13.2 Å². The molecule has 1 N–H and O–H groups in total. The molecular weight excluding hydrogens is 404 g/mol. The number of nitrogens with zero attached hydrogens (tertiary/aromatic N) is 1. The van der Waals surface area contributed by atoms with Crippen LogP contribution in [0.4, 0.5) is 5.69 Å². The molecule has 0 atom stereocenters. The van der Waals surface area contributed by atoms with E-state index in [1.54, 1.807) is 17.0 Å². The van der Waals surface area contributed by atoms with Gasteiger partial charge in [-0.1, -0.05) is 32.0 Å². The molecule has 1 heterocycles. The Balaban J connectivity index is 2.00. The number of anilines is 1. The number of nitrogens with one attached hydrogen (secondary N) is 1. The minimum Gasteiger partial charge on any atom is -0.339 e. The van der Waals surface area contributed by atoms with Crippen molar-refractivity contribution in [1.29, 1.82) is 0 Å². The van der Waals surface area contributed by atoms with E-state index < -0.39 is 10.0 Å². The predicted molar refractivity (Wildman–Crippen MR) is 119 cm³/mol. The number of sulfonamides is 1. The summed E-state index contributed by atoms with van der Waals surface area (Å²) >= 11 is 1.46. The fourth-order valence-electron chi connectivity index (χ4n) is 3.68. The molecule has 0 unspecified atom stereocenters. The van der Waals surface area contributed by atoms with Crippen molar-refractivity contribution in [3.8, 4) is 0 Å². The summed E-state index contributed by atoms with van der Waals surface area (Å²) in [7, 11) is -3.81. The van der Waals surface area contributed by atoms with Gasteiger partial charge in [0, 0.05) is 18.0 Å². The molecule has 1 fully saturated rings. The van der Waals surface area contributed by atoms with E-state index in [1.165, 1.54) is 17.8 Å². The number of amides is 1. The van der Waals surface area contributed by atoms with Gasteiger partial charge in [-0.3, -0.25) is 9.52 Å². The maximum atomic E-state index is 13.2. The summed E-state index contributed by atoms with van der Waals surface area (Å²) in [6.45, 7) is 5.47. The summed E-state index contributed by atoms with van der Waals surface area (Å²) in [5.74, 6) is -0.0906. The van der Waals surface area contributed by atoms with E-state index in [-0.39, 0.29) is 10.8 Å².